The minimum Gasteiger partial charge on any atom is -0.289 e. The largest absolute Gasteiger partial charge is 0.289 e. The van der Waals surface area contributed by atoms with Crippen LogP contribution in [0.1, 0.15) is 27.8 Å². The second-order valence-corrected chi connectivity index (χ2v) is 5.89. The van der Waals surface area contributed by atoms with Gasteiger partial charge in [-0.2, -0.15) is 0 Å². The Morgan fingerprint density at radius 1 is 1.05 bits per heavy atom. The molecule has 1 aliphatic rings. The number of nitrogens with one attached hydrogen (secondary N) is 1. The van der Waals surface area contributed by atoms with E-state index < -0.39 is 5.41 Å². The Bertz CT molecular complexity index is 681. The zero-order valence-corrected chi connectivity index (χ0v) is 12.3. The van der Waals surface area contributed by atoms with E-state index in [9.17, 15) is 10.0 Å². The van der Waals surface area contributed by atoms with Crippen LogP contribution in [0, 0.1) is 13.8 Å². The third-order valence-electron chi connectivity index (χ3n) is 4.76. The van der Waals surface area contributed by atoms with Gasteiger partial charge in [0.25, 0.3) is 5.91 Å². The maximum absolute atomic E-state index is 12.5. The molecule has 2 aromatic carbocycles. The lowest BCUT2D eigenvalue weighted by Crippen LogP contribution is -2.44. The van der Waals surface area contributed by atoms with Crippen LogP contribution in [0.3, 0.4) is 0 Å². The van der Waals surface area contributed by atoms with Crippen molar-refractivity contribution in [3.63, 3.8) is 0 Å². The molecule has 1 aliphatic carbocycles. The number of carbonyl (C=O) groups excluding carboxylic acids is 1. The van der Waals surface area contributed by atoms with Crippen molar-refractivity contribution in [1.29, 1.82) is 0 Å². The molecular weight excluding hydrogens is 262 g/mol. The summed E-state index contributed by atoms with van der Waals surface area (Å²) < 4.78 is 0. The molecule has 3 nitrogen and oxygen atoms in total. The first-order chi connectivity index (χ1) is 10.1. The summed E-state index contributed by atoms with van der Waals surface area (Å²) in [5, 5.41) is 9.26. The summed E-state index contributed by atoms with van der Waals surface area (Å²) in [7, 11) is 0. The quantitative estimate of drug-likeness (QED) is 0.657. The zero-order chi connectivity index (χ0) is 15.0. The van der Waals surface area contributed by atoms with E-state index >= 15 is 0 Å². The van der Waals surface area contributed by atoms with Gasteiger partial charge in [-0.3, -0.25) is 10.0 Å². The van der Waals surface area contributed by atoms with Crippen molar-refractivity contribution in [2.75, 3.05) is 0 Å². The van der Waals surface area contributed by atoms with Gasteiger partial charge in [0.1, 0.15) is 0 Å². The molecule has 0 spiro atoms. The molecule has 1 amide bonds. The monoisotopic (exact) mass is 281 g/mol. The summed E-state index contributed by atoms with van der Waals surface area (Å²) in [6.07, 6.45) is 1.25. The molecule has 0 saturated carbocycles. The van der Waals surface area contributed by atoms with E-state index in [1.165, 1.54) is 11.1 Å². The van der Waals surface area contributed by atoms with Crippen LogP contribution in [0.25, 0.3) is 0 Å². The number of hydrogen-bond donors (Lipinski definition) is 2. The van der Waals surface area contributed by atoms with Gasteiger partial charge in [0.2, 0.25) is 0 Å². The van der Waals surface area contributed by atoms with Gasteiger partial charge in [0, 0.05) is 0 Å². The zero-order valence-electron chi connectivity index (χ0n) is 12.3. The van der Waals surface area contributed by atoms with Gasteiger partial charge in [-0.25, -0.2) is 5.48 Å². The normalized spacial score (nSPS) is 15.6. The van der Waals surface area contributed by atoms with Gasteiger partial charge in [0.05, 0.1) is 5.41 Å². The van der Waals surface area contributed by atoms with Crippen LogP contribution >= 0.6 is 0 Å². The number of hydroxylamine groups is 1. The topological polar surface area (TPSA) is 49.3 Å². The van der Waals surface area contributed by atoms with E-state index in [0.717, 1.165) is 16.7 Å². The van der Waals surface area contributed by atoms with E-state index in [2.05, 4.69) is 12.1 Å². The Labute approximate surface area is 124 Å². The van der Waals surface area contributed by atoms with E-state index in [-0.39, 0.29) is 5.91 Å². The highest BCUT2D eigenvalue weighted by molar-refractivity contribution is 5.89. The lowest BCUT2D eigenvalue weighted by molar-refractivity contribution is -0.135. The molecule has 0 heterocycles. The van der Waals surface area contributed by atoms with Gasteiger partial charge >= 0.3 is 0 Å². The van der Waals surface area contributed by atoms with Crippen molar-refractivity contribution < 1.29 is 10.0 Å². The number of hydrogen-bond acceptors (Lipinski definition) is 2. The summed E-state index contributed by atoms with van der Waals surface area (Å²) >= 11 is 0. The number of carbonyl (C=O) groups is 1. The molecule has 2 aromatic rings. The minimum atomic E-state index is -0.714. The van der Waals surface area contributed by atoms with Gasteiger partial charge in [0.15, 0.2) is 0 Å². The summed E-state index contributed by atoms with van der Waals surface area (Å²) in [5.41, 5.74) is 6.82. The predicted octanol–water partition coefficient (Wildman–Crippen LogP) is 2.85. The Kier molecular flexibility index (Phi) is 3.30. The van der Waals surface area contributed by atoms with Gasteiger partial charge in [-0.1, -0.05) is 42.5 Å². The van der Waals surface area contributed by atoms with Gasteiger partial charge in [-0.15, -0.1) is 0 Å². The summed E-state index contributed by atoms with van der Waals surface area (Å²) in [5.74, 6) is -0.326. The predicted molar refractivity (Wildman–Crippen MR) is 81.4 cm³/mol. The number of fused-ring (bicyclic) bond motifs is 1. The van der Waals surface area contributed by atoms with Crippen LogP contribution < -0.4 is 5.48 Å². The first kappa shape index (κ1) is 13.8. The molecule has 0 radical (unpaired) electrons. The van der Waals surface area contributed by atoms with Crippen molar-refractivity contribution in [2.45, 2.75) is 32.1 Å². The van der Waals surface area contributed by atoms with E-state index in [1.54, 1.807) is 0 Å². The molecule has 21 heavy (non-hydrogen) atoms. The molecule has 0 unspecified atom stereocenters. The average molecular weight is 281 g/mol. The number of rotatable bonds is 2. The van der Waals surface area contributed by atoms with Crippen molar-refractivity contribution in [1.82, 2.24) is 5.48 Å². The van der Waals surface area contributed by atoms with Crippen molar-refractivity contribution in [3.05, 3.63) is 70.3 Å². The first-order valence-corrected chi connectivity index (χ1v) is 7.16. The molecular formula is C18H19NO2. The Hall–Kier alpha value is -2.13. The standard InChI is InChI=1S/C18H19NO2/c1-12-6-5-9-16(13(12)2)18(17(20)19-21)10-14-7-3-4-8-15(14)11-18/h3-9,21H,10-11H2,1-2H3,(H,19,20). The highest BCUT2D eigenvalue weighted by atomic mass is 16.5. The SMILES string of the molecule is Cc1cccc(C2(C(=O)NO)Cc3ccccc3C2)c1C. The number of aryl methyl sites for hydroxylation is 1. The molecule has 0 saturated heterocycles. The molecule has 3 rings (SSSR count). The molecule has 0 fully saturated rings. The minimum absolute atomic E-state index is 0.326. The van der Waals surface area contributed by atoms with Crippen molar-refractivity contribution in [2.24, 2.45) is 0 Å². The Morgan fingerprint density at radius 3 is 2.24 bits per heavy atom. The highest BCUT2D eigenvalue weighted by Crippen LogP contribution is 2.41. The molecule has 0 atom stereocenters. The molecule has 0 aromatic heterocycles. The average Bonchev–Trinajstić information content (AvgIpc) is 2.89. The fourth-order valence-electron chi connectivity index (χ4n) is 3.47. The molecule has 0 bridgehead atoms. The lowest BCUT2D eigenvalue weighted by atomic mass is 9.74. The second kappa shape index (κ2) is 5.01. The smallest absolute Gasteiger partial charge is 0.254 e. The van der Waals surface area contributed by atoms with Crippen LogP contribution in [-0.2, 0) is 23.1 Å². The van der Waals surface area contributed by atoms with Crippen molar-refractivity contribution >= 4 is 5.91 Å². The van der Waals surface area contributed by atoms with E-state index in [4.69, 9.17) is 0 Å². The van der Waals surface area contributed by atoms with Crippen LogP contribution in [0.5, 0.6) is 0 Å². The molecule has 2 N–H and O–H groups in total. The van der Waals surface area contributed by atoms with Crippen LogP contribution in [0.4, 0.5) is 0 Å². The third-order valence-corrected chi connectivity index (χ3v) is 4.76. The Morgan fingerprint density at radius 2 is 1.67 bits per heavy atom. The highest BCUT2D eigenvalue weighted by Gasteiger charge is 2.46. The van der Waals surface area contributed by atoms with E-state index in [0.29, 0.717) is 12.8 Å². The molecule has 3 heteroatoms. The number of benzene rings is 2. The fraction of sp³-hybridized carbons (Fsp3) is 0.278. The van der Waals surface area contributed by atoms with Crippen molar-refractivity contribution in [3.8, 4) is 0 Å². The van der Waals surface area contributed by atoms with Gasteiger partial charge in [-0.05, 0) is 54.5 Å². The van der Waals surface area contributed by atoms with E-state index in [1.807, 2.05) is 49.7 Å². The number of amides is 1. The summed E-state index contributed by atoms with van der Waals surface area (Å²) in [4.78, 5) is 12.5. The van der Waals surface area contributed by atoms with Crippen LogP contribution in [-0.4, -0.2) is 11.1 Å². The molecule has 108 valence electrons. The summed E-state index contributed by atoms with van der Waals surface area (Å²) in [6, 6.07) is 14.1. The maximum atomic E-state index is 12.5. The molecule has 0 aliphatic heterocycles. The first-order valence-electron chi connectivity index (χ1n) is 7.16. The lowest BCUT2D eigenvalue weighted by Gasteiger charge is -2.29. The van der Waals surface area contributed by atoms with Gasteiger partial charge < -0.3 is 0 Å². The summed E-state index contributed by atoms with van der Waals surface area (Å²) in [6.45, 7) is 4.09. The maximum Gasteiger partial charge on any atom is 0.254 e. The third kappa shape index (κ3) is 2.05. The fourth-order valence-corrected chi connectivity index (χ4v) is 3.47. The van der Waals surface area contributed by atoms with Crippen LogP contribution in [0.2, 0.25) is 0 Å². The second-order valence-electron chi connectivity index (χ2n) is 5.89. The Balaban J connectivity index is 2.17. The van der Waals surface area contributed by atoms with Crippen LogP contribution in [0.15, 0.2) is 42.5 Å².